The number of sulfonamides is 1. The molecule has 0 saturated heterocycles. The first-order valence-electron chi connectivity index (χ1n) is 7.57. The first-order chi connectivity index (χ1) is 9.86. The Morgan fingerprint density at radius 1 is 1.24 bits per heavy atom. The summed E-state index contributed by atoms with van der Waals surface area (Å²) < 4.78 is 27.4. The number of hydrogen-bond acceptors (Lipinski definition) is 3. The summed E-state index contributed by atoms with van der Waals surface area (Å²) >= 11 is 0. The zero-order chi connectivity index (χ0) is 16.0. The molecule has 0 heterocycles. The van der Waals surface area contributed by atoms with Crippen molar-refractivity contribution in [3.8, 4) is 0 Å². The van der Waals surface area contributed by atoms with Gasteiger partial charge >= 0.3 is 0 Å². The van der Waals surface area contributed by atoms with Gasteiger partial charge in [-0.05, 0) is 44.4 Å². The molecule has 0 bridgehead atoms. The molecule has 4 nitrogen and oxygen atoms in total. The largest absolute Gasteiger partial charge is 0.392 e. The summed E-state index contributed by atoms with van der Waals surface area (Å²) in [4.78, 5) is 0.305. The number of unbranched alkanes of at least 4 members (excludes halogenated alkanes) is 2. The van der Waals surface area contributed by atoms with Crippen molar-refractivity contribution in [1.82, 2.24) is 4.31 Å². The Balaban J connectivity index is 3.17. The molecule has 0 aromatic heterocycles. The van der Waals surface area contributed by atoms with Gasteiger partial charge in [-0.1, -0.05) is 31.9 Å². The van der Waals surface area contributed by atoms with Crippen LogP contribution in [0.4, 0.5) is 0 Å². The van der Waals surface area contributed by atoms with Crippen LogP contribution in [0.15, 0.2) is 23.1 Å². The lowest BCUT2D eigenvalue weighted by Gasteiger charge is -2.27. The average molecular weight is 313 g/mol. The third-order valence-electron chi connectivity index (χ3n) is 3.71. The standard InChI is InChI=1S/C16H27NO3S/c1-5-6-7-11-17(13(2)3)21(19,20)16-10-8-9-15(12-18)14(16)4/h8-10,13,18H,5-7,11-12H2,1-4H3. The van der Waals surface area contributed by atoms with Crippen LogP contribution in [0.25, 0.3) is 0 Å². The molecule has 0 unspecified atom stereocenters. The summed E-state index contributed by atoms with van der Waals surface area (Å²) in [5.41, 5.74) is 1.30. The second kappa shape index (κ2) is 7.92. The van der Waals surface area contributed by atoms with Crippen molar-refractivity contribution < 1.29 is 13.5 Å². The van der Waals surface area contributed by atoms with E-state index in [2.05, 4.69) is 6.92 Å². The van der Waals surface area contributed by atoms with Crippen LogP contribution < -0.4 is 0 Å². The summed E-state index contributed by atoms with van der Waals surface area (Å²) in [7, 11) is -3.52. The SMILES string of the molecule is CCCCCN(C(C)C)S(=O)(=O)c1cccc(CO)c1C. The van der Waals surface area contributed by atoms with Crippen LogP contribution >= 0.6 is 0 Å². The van der Waals surface area contributed by atoms with Crippen LogP contribution in [0, 0.1) is 6.92 Å². The van der Waals surface area contributed by atoms with Crippen molar-refractivity contribution in [3.63, 3.8) is 0 Å². The van der Waals surface area contributed by atoms with E-state index in [0.717, 1.165) is 19.3 Å². The Bertz CT molecular complexity index is 553. The molecule has 0 aliphatic carbocycles. The Kier molecular flexibility index (Phi) is 6.84. The first-order valence-corrected chi connectivity index (χ1v) is 9.01. The van der Waals surface area contributed by atoms with E-state index in [4.69, 9.17) is 0 Å². The lowest BCUT2D eigenvalue weighted by Crippen LogP contribution is -2.38. The van der Waals surface area contributed by atoms with Crippen molar-refractivity contribution in [3.05, 3.63) is 29.3 Å². The Morgan fingerprint density at radius 3 is 2.43 bits per heavy atom. The molecule has 0 saturated carbocycles. The monoisotopic (exact) mass is 313 g/mol. The molecule has 0 aliphatic rings. The highest BCUT2D eigenvalue weighted by Crippen LogP contribution is 2.24. The molecule has 1 N–H and O–H groups in total. The molecule has 1 aromatic rings. The Hall–Kier alpha value is -0.910. The molecule has 0 atom stereocenters. The maximum absolute atomic E-state index is 12.9. The van der Waals surface area contributed by atoms with Crippen LogP contribution in [0.3, 0.4) is 0 Å². The van der Waals surface area contributed by atoms with Crippen molar-refractivity contribution in [2.45, 2.75) is 64.5 Å². The average Bonchev–Trinajstić information content (AvgIpc) is 2.43. The molecular weight excluding hydrogens is 286 g/mol. The Labute approximate surface area is 128 Å². The number of aliphatic hydroxyl groups is 1. The normalized spacial score (nSPS) is 12.3. The highest BCUT2D eigenvalue weighted by Gasteiger charge is 2.28. The van der Waals surface area contributed by atoms with Crippen LogP contribution in [-0.4, -0.2) is 30.4 Å². The highest BCUT2D eigenvalue weighted by molar-refractivity contribution is 7.89. The van der Waals surface area contributed by atoms with E-state index >= 15 is 0 Å². The fourth-order valence-corrected chi connectivity index (χ4v) is 4.36. The van der Waals surface area contributed by atoms with Crippen molar-refractivity contribution in [2.75, 3.05) is 6.54 Å². The van der Waals surface area contributed by atoms with Crippen molar-refractivity contribution >= 4 is 10.0 Å². The molecule has 1 aromatic carbocycles. The quantitative estimate of drug-likeness (QED) is 0.750. The third-order valence-corrected chi connectivity index (χ3v) is 5.93. The molecule has 0 radical (unpaired) electrons. The summed E-state index contributed by atoms with van der Waals surface area (Å²) in [6.07, 6.45) is 2.95. The lowest BCUT2D eigenvalue weighted by atomic mass is 10.1. The lowest BCUT2D eigenvalue weighted by molar-refractivity contribution is 0.280. The minimum atomic E-state index is -3.52. The van der Waals surface area contributed by atoms with E-state index in [-0.39, 0.29) is 12.6 Å². The van der Waals surface area contributed by atoms with E-state index in [0.29, 0.717) is 22.6 Å². The third kappa shape index (κ3) is 4.28. The van der Waals surface area contributed by atoms with Crippen LogP contribution in [0.1, 0.15) is 51.2 Å². The summed E-state index contributed by atoms with van der Waals surface area (Å²) in [5, 5.41) is 9.32. The molecular formula is C16H27NO3S. The molecule has 5 heteroatoms. The van der Waals surface area contributed by atoms with Crippen molar-refractivity contribution in [2.24, 2.45) is 0 Å². The topological polar surface area (TPSA) is 57.6 Å². The number of hydrogen-bond donors (Lipinski definition) is 1. The summed E-state index contributed by atoms with van der Waals surface area (Å²) in [6, 6.07) is 4.99. The van der Waals surface area contributed by atoms with Crippen LogP contribution in [-0.2, 0) is 16.6 Å². The second-order valence-corrected chi connectivity index (χ2v) is 7.47. The maximum Gasteiger partial charge on any atom is 0.243 e. The number of rotatable bonds is 8. The number of nitrogens with zero attached hydrogens (tertiary/aromatic N) is 1. The second-order valence-electron chi connectivity index (χ2n) is 5.61. The predicted octanol–water partition coefficient (Wildman–Crippen LogP) is 3.08. The minimum Gasteiger partial charge on any atom is -0.392 e. The predicted molar refractivity (Wildman–Crippen MR) is 85.7 cm³/mol. The van der Waals surface area contributed by atoms with Gasteiger partial charge in [0.2, 0.25) is 10.0 Å². The van der Waals surface area contributed by atoms with Gasteiger partial charge in [0.15, 0.2) is 0 Å². The maximum atomic E-state index is 12.9. The molecule has 1 rings (SSSR count). The van der Waals surface area contributed by atoms with E-state index < -0.39 is 10.0 Å². The zero-order valence-electron chi connectivity index (χ0n) is 13.5. The number of aliphatic hydroxyl groups excluding tert-OH is 1. The van der Waals surface area contributed by atoms with E-state index in [1.807, 2.05) is 13.8 Å². The van der Waals surface area contributed by atoms with Gasteiger partial charge in [0.05, 0.1) is 11.5 Å². The van der Waals surface area contributed by atoms with Gasteiger partial charge in [0.1, 0.15) is 0 Å². The highest BCUT2D eigenvalue weighted by atomic mass is 32.2. The zero-order valence-corrected chi connectivity index (χ0v) is 14.3. The van der Waals surface area contributed by atoms with Gasteiger partial charge < -0.3 is 5.11 Å². The molecule has 0 spiro atoms. The summed E-state index contributed by atoms with van der Waals surface area (Å²) in [5.74, 6) is 0. The van der Waals surface area contributed by atoms with Gasteiger partial charge in [0.25, 0.3) is 0 Å². The van der Waals surface area contributed by atoms with E-state index in [1.165, 1.54) is 0 Å². The van der Waals surface area contributed by atoms with Crippen LogP contribution in [0.5, 0.6) is 0 Å². The molecule has 21 heavy (non-hydrogen) atoms. The fraction of sp³-hybridized carbons (Fsp3) is 0.625. The van der Waals surface area contributed by atoms with Gasteiger partial charge in [-0.3, -0.25) is 0 Å². The van der Waals surface area contributed by atoms with Gasteiger partial charge in [-0.15, -0.1) is 0 Å². The van der Waals surface area contributed by atoms with Crippen molar-refractivity contribution in [1.29, 1.82) is 0 Å². The van der Waals surface area contributed by atoms with Gasteiger partial charge in [-0.2, -0.15) is 4.31 Å². The van der Waals surface area contributed by atoms with E-state index in [1.54, 1.807) is 29.4 Å². The fourth-order valence-electron chi connectivity index (χ4n) is 2.41. The van der Waals surface area contributed by atoms with Gasteiger partial charge in [0, 0.05) is 12.6 Å². The van der Waals surface area contributed by atoms with E-state index in [9.17, 15) is 13.5 Å². The molecule has 0 aliphatic heterocycles. The number of benzene rings is 1. The van der Waals surface area contributed by atoms with Gasteiger partial charge in [-0.25, -0.2) is 8.42 Å². The Morgan fingerprint density at radius 2 is 1.90 bits per heavy atom. The molecule has 120 valence electrons. The smallest absolute Gasteiger partial charge is 0.243 e. The molecule has 0 fully saturated rings. The minimum absolute atomic E-state index is 0.0796. The summed E-state index contributed by atoms with van der Waals surface area (Å²) in [6.45, 7) is 8.04. The first kappa shape index (κ1) is 18.1. The van der Waals surface area contributed by atoms with Crippen LogP contribution in [0.2, 0.25) is 0 Å². The molecule has 0 amide bonds.